The zero-order valence-corrected chi connectivity index (χ0v) is 9.45. The SMILES string of the molecule is CCC(=O)CC(O)(CCF)c1ccccc1. The van der Waals surface area contributed by atoms with Crippen molar-refractivity contribution in [2.45, 2.75) is 31.8 Å². The third kappa shape index (κ3) is 3.14. The molecule has 0 aromatic heterocycles. The van der Waals surface area contributed by atoms with Crippen molar-refractivity contribution < 1.29 is 14.3 Å². The van der Waals surface area contributed by atoms with Crippen molar-refractivity contribution in [2.75, 3.05) is 6.67 Å². The highest BCUT2D eigenvalue weighted by molar-refractivity contribution is 5.79. The number of benzene rings is 1. The van der Waals surface area contributed by atoms with Crippen molar-refractivity contribution in [2.24, 2.45) is 0 Å². The van der Waals surface area contributed by atoms with Crippen molar-refractivity contribution in [1.29, 1.82) is 0 Å². The summed E-state index contributed by atoms with van der Waals surface area (Å²) in [4.78, 5) is 11.4. The molecule has 0 radical (unpaired) electrons. The van der Waals surface area contributed by atoms with Gasteiger partial charge in [-0.3, -0.25) is 9.18 Å². The van der Waals surface area contributed by atoms with Gasteiger partial charge in [0.25, 0.3) is 0 Å². The second-order valence-corrected chi connectivity index (χ2v) is 3.91. The van der Waals surface area contributed by atoms with Gasteiger partial charge in [-0.05, 0) is 5.56 Å². The number of carbonyl (C=O) groups is 1. The molecule has 0 aliphatic carbocycles. The molecule has 0 amide bonds. The highest BCUT2D eigenvalue weighted by Gasteiger charge is 2.30. The molecule has 16 heavy (non-hydrogen) atoms. The van der Waals surface area contributed by atoms with Crippen LogP contribution < -0.4 is 0 Å². The Kier molecular flexibility index (Phi) is 4.62. The number of halogens is 1. The Hall–Kier alpha value is -1.22. The lowest BCUT2D eigenvalue weighted by Gasteiger charge is -2.26. The highest BCUT2D eigenvalue weighted by Crippen LogP contribution is 2.29. The number of ketones is 1. The number of hydrogen-bond acceptors (Lipinski definition) is 2. The van der Waals surface area contributed by atoms with E-state index in [0.29, 0.717) is 12.0 Å². The van der Waals surface area contributed by atoms with Crippen LogP contribution in [0.5, 0.6) is 0 Å². The number of hydrogen-bond donors (Lipinski definition) is 1. The molecule has 0 aliphatic rings. The highest BCUT2D eigenvalue weighted by atomic mass is 19.1. The molecule has 1 unspecified atom stereocenters. The van der Waals surface area contributed by atoms with Gasteiger partial charge in [0.2, 0.25) is 0 Å². The van der Waals surface area contributed by atoms with Crippen molar-refractivity contribution in [3.8, 4) is 0 Å². The van der Waals surface area contributed by atoms with E-state index >= 15 is 0 Å². The van der Waals surface area contributed by atoms with Crippen LogP contribution in [0.25, 0.3) is 0 Å². The van der Waals surface area contributed by atoms with E-state index in [1.54, 1.807) is 31.2 Å². The van der Waals surface area contributed by atoms with E-state index < -0.39 is 12.3 Å². The van der Waals surface area contributed by atoms with Crippen LogP contribution >= 0.6 is 0 Å². The van der Waals surface area contributed by atoms with Gasteiger partial charge in [-0.1, -0.05) is 37.3 Å². The van der Waals surface area contributed by atoms with Crippen LogP contribution in [-0.4, -0.2) is 17.6 Å². The van der Waals surface area contributed by atoms with E-state index in [1.165, 1.54) is 0 Å². The minimum atomic E-state index is -1.36. The number of Topliss-reactive ketones (excluding diaryl/α,β-unsaturated/α-hetero) is 1. The maximum atomic E-state index is 12.5. The van der Waals surface area contributed by atoms with Gasteiger partial charge in [0.05, 0.1) is 12.3 Å². The molecule has 0 spiro atoms. The van der Waals surface area contributed by atoms with E-state index in [9.17, 15) is 14.3 Å². The molecule has 0 heterocycles. The molecule has 1 atom stereocenters. The average Bonchev–Trinajstić information content (AvgIpc) is 2.30. The topological polar surface area (TPSA) is 37.3 Å². The zero-order valence-electron chi connectivity index (χ0n) is 9.45. The minimum absolute atomic E-state index is 0.0164. The minimum Gasteiger partial charge on any atom is -0.385 e. The van der Waals surface area contributed by atoms with Crippen LogP contribution in [0.3, 0.4) is 0 Å². The van der Waals surface area contributed by atoms with Gasteiger partial charge in [-0.25, -0.2) is 0 Å². The van der Waals surface area contributed by atoms with Gasteiger partial charge in [0, 0.05) is 19.3 Å². The quantitative estimate of drug-likeness (QED) is 0.806. The fourth-order valence-corrected chi connectivity index (χ4v) is 1.69. The van der Waals surface area contributed by atoms with Gasteiger partial charge < -0.3 is 5.11 Å². The lowest BCUT2D eigenvalue weighted by molar-refractivity contribution is -0.124. The van der Waals surface area contributed by atoms with Crippen molar-refractivity contribution >= 4 is 5.78 Å². The third-order valence-corrected chi connectivity index (χ3v) is 2.70. The molecule has 0 aliphatic heterocycles. The summed E-state index contributed by atoms with van der Waals surface area (Å²) in [5.41, 5.74) is -0.752. The van der Waals surface area contributed by atoms with E-state index in [4.69, 9.17) is 0 Å². The molecule has 1 N–H and O–H groups in total. The van der Waals surface area contributed by atoms with Crippen LogP contribution in [0.15, 0.2) is 30.3 Å². The first-order valence-corrected chi connectivity index (χ1v) is 5.48. The molecular formula is C13H17FO2. The Morgan fingerprint density at radius 1 is 1.38 bits per heavy atom. The first-order valence-electron chi connectivity index (χ1n) is 5.48. The van der Waals surface area contributed by atoms with E-state index in [0.717, 1.165) is 0 Å². The summed E-state index contributed by atoms with van der Waals surface area (Å²) in [5, 5.41) is 10.3. The average molecular weight is 224 g/mol. The molecule has 1 aromatic rings. The zero-order chi connectivity index (χ0) is 12.0. The maximum absolute atomic E-state index is 12.5. The number of carbonyl (C=O) groups excluding carboxylic acids is 1. The predicted octanol–water partition coefficient (Wildman–Crippen LogP) is 2.60. The third-order valence-electron chi connectivity index (χ3n) is 2.70. The largest absolute Gasteiger partial charge is 0.385 e. The molecule has 3 heteroatoms. The normalized spacial score (nSPS) is 14.4. The second kappa shape index (κ2) is 5.75. The molecule has 0 saturated heterocycles. The summed E-state index contributed by atoms with van der Waals surface area (Å²) in [6, 6.07) is 8.81. The Morgan fingerprint density at radius 3 is 2.50 bits per heavy atom. The van der Waals surface area contributed by atoms with Crippen LogP contribution in [0.2, 0.25) is 0 Å². The van der Waals surface area contributed by atoms with Crippen LogP contribution in [-0.2, 0) is 10.4 Å². The summed E-state index contributed by atoms with van der Waals surface area (Å²) in [7, 11) is 0. The van der Waals surface area contributed by atoms with Crippen molar-refractivity contribution in [1.82, 2.24) is 0 Å². The molecule has 0 fully saturated rings. The summed E-state index contributed by atoms with van der Waals surface area (Å²) in [6.45, 7) is 1.10. The van der Waals surface area contributed by atoms with Crippen LogP contribution in [0, 0.1) is 0 Å². The van der Waals surface area contributed by atoms with Crippen molar-refractivity contribution in [3.05, 3.63) is 35.9 Å². The fraction of sp³-hybridized carbons (Fsp3) is 0.462. The first kappa shape index (κ1) is 12.8. The number of alkyl halides is 1. The summed E-state index contributed by atoms with van der Waals surface area (Å²) < 4.78 is 12.5. The molecule has 1 aromatic carbocycles. The Labute approximate surface area is 95.1 Å². The van der Waals surface area contributed by atoms with Gasteiger partial charge in [-0.15, -0.1) is 0 Å². The summed E-state index contributed by atoms with van der Waals surface area (Å²) in [6.07, 6.45) is 0.307. The molecule has 0 bridgehead atoms. The van der Waals surface area contributed by atoms with Crippen LogP contribution in [0.1, 0.15) is 31.7 Å². The molecule has 2 nitrogen and oxygen atoms in total. The molecule has 1 rings (SSSR count). The van der Waals surface area contributed by atoms with Crippen LogP contribution in [0.4, 0.5) is 4.39 Å². The van der Waals surface area contributed by atoms with E-state index in [2.05, 4.69) is 0 Å². The van der Waals surface area contributed by atoms with E-state index in [-0.39, 0.29) is 18.6 Å². The smallest absolute Gasteiger partial charge is 0.135 e. The van der Waals surface area contributed by atoms with Crippen molar-refractivity contribution in [3.63, 3.8) is 0 Å². The monoisotopic (exact) mass is 224 g/mol. The molecule has 88 valence electrons. The standard InChI is InChI=1S/C13H17FO2/c1-2-12(15)10-13(16,8-9-14)11-6-4-3-5-7-11/h3-7,16H,2,8-10H2,1H3. The maximum Gasteiger partial charge on any atom is 0.135 e. The summed E-state index contributed by atoms with van der Waals surface area (Å²) >= 11 is 0. The van der Waals surface area contributed by atoms with Gasteiger partial charge in [-0.2, -0.15) is 0 Å². The Balaban J connectivity index is 2.92. The Morgan fingerprint density at radius 2 is 2.00 bits per heavy atom. The first-order chi connectivity index (χ1) is 7.62. The van der Waals surface area contributed by atoms with Gasteiger partial charge >= 0.3 is 0 Å². The Bertz CT molecular complexity index is 337. The lowest BCUT2D eigenvalue weighted by Crippen LogP contribution is -2.29. The molecule has 0 saturated carbocycles. The van der Waals surface area contributed by atoms with Gasteiger partial charge in [0.15, 0.2) is 0 Å². The fourth-order valence-electron chi connectivity index (χ4n) is 1.69. The number of rotatable bonds is 6. The second-order valence-electron chi connectivity index (χ2n) is 3.91. The van der Waals surface area contributed by atoms with Gasteiger partial charge in [0.1, 0.15) is 5.78 Å². The van der Waals surface area contributed by atoms with E-state index in [1.807, 2.05) is 6.07 Å². The predicted molar refractivity (Wildman–Crippen MR) is 60.8 cm³/mol. The number of aliphatic hydroxyl groups is 1. The summed E-state index contributed by atoms with van der Waals surface area (Å²) in [5.74, 6) is -0.0557. The molecular weight excluding hydrogens is 207 g/mol. The lowest BCUT2D eigenvalue weighted by atomic mass is 9.85.